The first-order valence-electron chi connectivity index (χ1n) is 11.0. The Kier molecular flexibility index (Phi) is 20.1. The smallest absolute Gasteiger partial charge is 0.305 e. The lowest BCUT2D eigenvalue weighted by Crippen LogP contribution is -2.05. The summed E-state index contributed by atoms with van der Waals surface area (Å²) in [6.45, 7) is 5.13. The Morgan fingerprint density at radius 1 is 0.542 bits per heavy atom. The molecule has 0 aromatic heterocycles. The topological polar surface area (TPSA) is 26.3 Å². The van der Waals surface area contributed by atoms with Crippen molar-refractivity contribution >= 4 is 5.97 Å². The Balaban J connectivity index is 3.12. The highest BCUT2D eigenvalue weighted by Gasteiger charge is 2.02. The molecule has 0 aliphatic carbocycles. The van der Waals surface area contributed by atoms with Gasteiger partial charge in [0, 0.05) is 6.42 Å². The summed E-state index contributed by atoms with van der Waals surface area (Å²) in [5.74, 6) is 0.0134. The maximum atomic E-state index is 11.6. The maximum Gasteiger partial charge on any atom is 0.305 e. The molecule has 144 valence electrons. The second-order valence-corrected chi connectivity index (χ2v) is 7.27. The quantitative estimate of drug-likeness (QED) is 0.179. The van der Waals surface area contributed by atoms with Crippen LogP contribution >= 0.6 is 0 Å². The number of hydrogen-bond acceptors (Lipinski definition) is 2. The van der Waals surface area contributed by atoms with Crippen LogP contribution in [-0.2, 0) is 9.53 Å². The molecule has 0 radical (unpaired) electrons. The largest absolute Gasteiger partial charge is 0.466 e. The minimum Gasteiger partial charge on any atom is -0.466 e. The highest BCUT2D eigenvalue weighted by molar-refractivity contribution is 5.69. The summed E-state index contributed by atoms with van der Waals surface area (Å²) in [6.07, 6.45) is 22.6. The van der Waals surface area contributed by atoms with E-state index in [0.717, 1.165) is 12.8 Å². The van der Waals surface area contributed by atoms with Crippen LogP contribution in [0.5, 0.6) is 0 Å². The molecule has 0 bridgehead atoms. The van der Waals surface area contributed by atoms with Gasteiger partial charge in [-0.3, -0.25) is 4.79 Å². The number of esters is 1. The highest BCUT2D eigenvalue weighted by Crippen LogP contribution is 2.12. The van der Waals surface area contributed by atoms with Crippen LogP contribution in [0.25, 0.3) is 0 Å². The summed E-state index contributed by atoms with van der Waals surface area (Å²) >= 11 is 0. The lowest BCUT2D eigenvalue weighted by molar-refractivity contribution is -0.143. The van der Waals surface area contributed by atoms with Gasteiger partial charge in [0.25, 0.3) is 0 Å². The zero-order chi connectivity index (χ0) is 17.7. The van der Waals surface area contributed by atoms with E-state index >= 15 is 0 Å². The van der Waals surface area contributed by atoms with Crippen LogP contribution in [0.4, 0.5) is 0 Å². The molecular weight excluding hydrogens is 296 g/mol. The Hall–Kier alpha value is -0.530. The molecule has 0 heterocycles. The molecule has 0 amide bonds. The van der Waals surface area contributed by atoms with E-state index in [1.165, 1.54) is 96.3 Å². The summed E-state index contributed by atoms with van der Waals surface area (Å²) in [5.41, 5.74) is 0. The minimum atomic E-state index is 0.0134. The molecule has 0 N–H and O–H groups in total. The Morgan fingerprint density at radius 3 is 1.38 bits per heavy atom. The fourth-order valence-corrected chi connectivity index (χ4v) is 3.07. The Morgan fingerprint density at radius 2 is 0.917 bits per heavy atom. The van der Waals surface area contributed by atoms with Crippen LogP contribution in [0, 0.1) is 0 Å². The molecule has 0 fully saturated rings. The average molecular weight is 341 g/mol. The molecule has 0 aliphatic heterocycles. The van der Waals surface area contributed by atoms with E-state index in [1.807, 2.05) is 0 Å². The molecule has 2 nitrogen and oxygen atoms in total. The van der Waals surface area contributed by atoms with Crippen LogP contribution in [0.2, 0.25) is 0 Å². The second-order valence-electron chi connectivity index (χ2n) is 7.27. The predicted molar refractivity (Wildman–Crippen MR) is 105 cm³/mol. The van der Waals surface area contributed by atoms with Crippen molar-refractivity contribution in [2.75, 3.05) is 6.61 Å². The second kappa shape index (κ2) is 20.5. The fourth-order valence-electron chi connectivity index (χ4n) is 3.07. The summed E-state index contributed by atoms with van der Waals surface area (Å²) < 4.78 is 5.30. The van der Waals surface area contributed by atoms with Crippen LogP contribution in [0.15, 0.2) is 0 Å². The van der Waals surface area contributed by atoms with E-state index in [-0.39, 0.29) is 5.97 Å². The van der Waals surface area contributed by atoms with E-state index < -0.39 is 0 Å². The fraction of sp³-hybridized carbons (Fsp3) is 0.955. The molecule has 0 aliphatic rings. The van der Waals surface area contributed by atoms with Crippen molar-refractivity contribution in [1.82, 2.24) is 0 Å². The number of hydrogen-bond donors (Lipinski definition) is 0. The first kappa shape index (κ1) is 23.5. The molecule has 24 heavy (non-hydrogen) atoms. The normalized spacial score (nSPS) is 10.9. The van der Waals surface area contributed by atoms with Gasteiger partial charge in [0.15, 0.2) is 0 Å². The van der Waals surface area contributed by atoms with Gasteiger partial charge in [0.05, 0.1) is 6.61 Å². The van der Waals surface area contributed by atoms with E-state index in [2.05, 4.69) is 13.8 Å². The first-order chi connectivity index (χ1) is 11.8. The van der Waals surface area contributed by atoms with E-state index in [0.29, 0.717) is 13.0 Å². The third-order valence-corrected chi connectivity index (χ3v) is 4.75. The molecule has 0 aromatic rings. The van der Waals surface area contributed by atoms with Gasteiger partial charge in [0.1, 0.15) is 0 Å². The standard InChI is InChI=1S/C22H44O2/c1-3-5-7-9-11-12-13-14-15-16-18-20-22(23)24-21-19-17-10-8-6-4-2/h3-21H2,1-2H3. The zero-order valence-electron chi connectivity index (χ0n) is 16.8. The van der Waals surface area contributed by atoms with Crippen molar-refractivity contribution in [3.63, 3.8) is 0 Å². The third-order valence-electron chi connectivity index (χ3n) is 4.75. The van der Waals surface area contributed by atoms with Crippen molar-refractivity contribution in [3.8, 4) is 0 Å². The molecular formula is C22H44O2. The summed E-state index contributed by atoms with van der Waals surface area (Å²) in [6, 6.07) is 0. The molecule has 0 saturated heterocycles. The predicted octanol–water partition coefficient (Wildman–Crippen LogP) is 7.59. The summed E-state index contributed by atoms with van der Waals surface area (Å²) in [7, 11) is 0. The van der Waals surface area contributed by atoms with Gasteiger partial charge < -0.3 is 4.74 Å². The molecule has 0 spiro atoms. The molecule has 0 saturated carbocycles. The van der Waals surface area contributed by atoms with Crippen LogP contribution < -0.4 is 0 Å². The van der Waals surface area contributed by atoms with E-state index in [4.69, 9.17) is 4.74 Å². The van der Waals surface area contributed by atoms with Gasteiger partial charge >= 0.3 is 5.97 Å². The van der Waals surface area contributed by atoms with Crippen molar-refractivity contribution in [2.24, 2.45) is 0 Å². The van der Waals surface area contributed by atoms with Gasteiger partial charge in [0.2, 0.25) is 0 Å². The SMILES string of the molecule is CCCCCCCCCCCCCC(=O)OCCCCCCCC. The monoisotopic (exact) mass is 340 g/mol. The Bertz CT molecular complexity index is 250. The summed E-state index contributed by atoms with van der Waals surface area (Å²) in [5, 5.41) is 0. The van der Waals surface area contributed by atoms with Crippen LogP contribution in [0.3, 0.4) is 0 Å². The van der Waals surface area contributed by atoms with E-state index in [1.54, 1.807) is 0 Å². The zero-order valence-corrected chi connectivity index (χ0v) is 16.8. The number of carbonyl (C=O) groups is 1. The Labute approximate surface area is 152 Å². The minimum absolute atomic E-state index is 0.0134. The van der Waals surface area contributed by atoms with Crippen molar-refractivity contribution in [1.29, 1.82) is 0 Å². The third kappa shape index (κ3) is 19.5. The van der Waals surface area contributed by atoms with Gasteiger partial charge in [-0.2, -0.15) is 0 Å². The van der Waals surface area contributed by atoms with Gasteiger partial charge in [-0.15, -0.1) is 0 Å². The molecule has 0 unspecified atom stereocenters. The van der Waals surface area contributed by atoms with Crippen LogP contribution in [0.1, 0.15) is 129 Å². The van der Waals surface area contributed by atoms with Gasteiger partial charge in [-0.25, -0.2) is 0 Å². The van der Waals surface area contributed by atoms with Crippen LogP contribution in [-0.4, -0.2) is 12.6 Å². The number of carbonyl (C=O) groups excluding carboxylic acids is 1. The molecule has 0 atom stereocenters. The molecule has 2 heteroatoms. The summed E-state index contributed by atoms with van der Waals surface area (Å²) in [4.78, 5) is 11.6. The number of unbranched alkanes of at least 4 members (excludes halogenated alkanes) is 15. The molecule has 0 rings (SSSR count). The first-order valence-corrected chi connectivity index (χ1v) is 11.0. The van der Waals surface area contributed by atoms with E-state index in [9.17, 15) is 4.79 Å². The highest BCUT2D eigenvalue weighted by atomic mass is 16.5. The molecule has 0 aromatic carbocycles. The van der Waals surface area contributed by atoms with Crippen molar-refractivity contribution in [3.05, 3.63) is 0 Å². The number of rotatable bonds is 19. The lowest BCUT2D eigenvalue weighted by atomic mass is 10.1. The number of ether oxygens (including phenoxy) is 1. The van der Waals surface area contributed by atoms with Gasteiger partial charge in [-0.05, 0) is 12.8 Å². The van der Waals surface area contributed by atoms with Gasteiger partial charge in [-0.1, -0.05) is 110 Å². The average Bonchev–Trinajstić information content (AvgIpc) is 2.59. The van der Waals surface area contributed by atoms with Crippen molar-refractivity contribution in [2.45, 2.75) is 129 Å². The maximum absolute atomic E-state index is 11.6. The van der Waals surface area contributed by atoms with Crippen molar-refractivity contribution < 1.29 is 9.53 Å². The lowest BCUT2D eigenvalue weighted by Gasteiger charge is -2.05.